The van der Waals surface area contributed by atoms with E-state index in [2.05, 4.69) is 5.32 Å². The van der Waals surface area contributed by atoms with Gasteiger partial charge >= 0.3 is 6.18 Å². The molecule has 1 heterocycles. The van der Waals surface area contributed by atoms with Crippen molar-refractivity contribution in [2.45, 2.75) is 23.9 Å². The van der Waals surface area contributed by atoms with Crippen LogP contribution in [0.2, 0.25) is 0 Å². The first-order chi connectivity index (χ1) is 14.1. The number of nitrogens with zero attached hydrogens (tertiary/aromatic N) is 2. The van der Waals surface area contributed by atoms with Crippen LogP contribution in [-0.2, 0) is 21.0 Å². The minimum Gasteiger partial charge on any atom is -0.326 e. The molecule has 158 valence electrons. The molecule has 1 amide bonds. The first-order valence-electron chi connectivity index (χ1n) is 9.10. The van der Waals surface area contributed by atoms with Gasteiger partial charge in [-0.1, -0.05) is 0 Å². The highest BCUT2D eigenvalue weighted by atomic mass is 32.2. The van der Waals surface area contributed by atoms with E-state index in [1.54, 1.807) is 0 Å². The van der Waals surface area contributed by atoms with Crippen molar-refractivity contribution >= 4 is 21.6 Å². The lowest BCUT2D eigenvalue weighted by atomic mass is 9.97. The molecule has 0 aliphatic carbocycles. The average molecular weight is 437 g/mol. The molecule has 2 aromatic rings. The summed E-state index contributed by atoms with van der Waals surface area (Å²) in [5, 5.41) is 11.4. The summed E-state index contributed by atoms with van der Waals surface area (Å²) in [5.74, 6) is -0.801. The number of amides is 1. The minimum atomic E-state index is -4.45. The number of hydrogen-bond donors (Lipinski definition) is 1. The van der Waals surface area contributed by atoms with Gasteiger partial charge in [-0.2, -0.15) is 22.7 Å². The lowest BCUT2D eigenvalue weighted by Crippen LogP contribution is -2.41. The van der Waals surface area contributed by atoms with Crippen LogP contribution >= 0.6 is 0 Å². The van der Waals surface area contributed by atoms with Crippen LogP contribution in [0.3, 0.4) is 0 Å². The number of alkyl halides is 3. The summed E-state index contributed by atoms with van der Waals surface area (Å²) in [6, 6.07) is 11.7. The highest BCUT2D eigenvalue weighted by Crippen LogP contribution is 2.30. The Balaban J connectivity index is 1.59. The Bertz CT molecular complexity index is 1050. The van der Waals surface area contributed by atoms with E-state index >= 15 is 0 Å². The molecule has 0 radical (unpaired) electrons. The Morgan fingerprint density at radius 2 is 1.60 bits per heavy atom. The quantitative estimate of drug-likeness (QED) is 0.791. The number of benzene rings is 2. The molecule has 0 saturated carbocycles. The fourth-order valence-electron chi connectivity index (χ4n) is 3.20. The van der Waals surface area contributed by atoms with Gasteiger partial charge in [-0.05, 0) is 61.4 Å². The Morgan fingerprint density at radius 1 is 1.03 bits per heavy atom. The third kappa shape index (κ3) is 4.80. The number of rotatable bonds is 4. The van der Waals surface area contributed by atoms with Crippen LogP contribution in [0.15, 0.2) is 53.4 Å². The van der Waals surface area contributed by atoms with Crippen LogP contribution in [0.4, 0.5) is 18.9 Å². The maximum absolute atomic E-state index is 12.7. The molecule has 1 saturated heterocycles. The van der Waals surface area contributed by atoms with Gasteiger partial charge < -0.3 is 5.32 Å². The van der Waals surface area contributed by atoms with Crippen molar-refractivity contribution in [3.63, 3.8) is 0 Å². The number of halogens is 3. The summed E-state index contributed by atoms with van der Waals surface area (Å²) in [6.45, 7) is 0.293. The van der Waals surface area contributed by atoms with Gasteiger partial charge in [0.15, 0.2) is 0 Å². The summed E-state index contributed by atoms with van der Waals surface area (Å²) in [6.07, 6.45) is -3.86. The molecule has 0 atom stereocenters. The molecule has 6 nitrogen and oxygen atoms in total. The van der Waals surface area contributed by atoms with Gasteiger partial charge in [0, 0.05) is 24.7 Å². The zero-order valence-electron chi connectivity index (χ0n) is 15.7. The van der Waals surface area contributed by atoms with Crippen LogP contribution in [0.25, 0.3) is 0 Å². The second kappa shape index (κ2) is 8.45. The van der Waals surface area contributed by atoms with Crippen molar-refractivity contribution in [3.05, 3.63) is 59.7 Å². The highest BCUT2D eigenvalue weighted by molar-refractivity contribution is 7.89. The Kier molecular flexibility index (Phi) is 6.14. The van der Waals surface area contributed by atoms with Crippen molar-refractivity contribution in [1.82, 2.24) is 4.31 Å². The van der Waals surface area contributed by atoms with E-state index in [4.69, 9.17) is 5.26 Å². The van der Waals surface area contributed by atoms with E-state index in [-0.39, 0.29) is 29.6 Å². The van der Waals surface area contributed by atoms with Crippen molar-refractivity contribution in [1.29, 1.82) is 5.26 Å². The van der Waals surface area contributed by atoms with Crippen LogP contribution in [-0.4, -0.2) is 31.7 Å². The van der Waals surface area contributed by atoms with Gasteiger partial charge in [-0.3, -0.25) is 4.79 Å². The number of anilines is 1. The highest BCUT2D eigenvalue weighted by Gasteiger charge is 2.33. The fourth-order valence-corrected chi connectivity index (χ4v) is 4.67. The summed E-state index contributed by atoms with van der Waals surface area (Å²) < 4.78 is 64.6. The van der Waals surface area contributed by atoms with Gasteiger partial charge in [-0.25, -0.2) is 8.42 Å². The Labute approximate surface area is 172 Å². The van der Waals surface area contributed by atoms with Gasteiger partial charge in [0.2, 0.25) is 15.9 Å². The van der Waals surface area contributed by atoms with Crippen molar-refractivity contribution < 1.29 is 26.4 Å². The molecule has 2 aromatic carbocycles. The third-order valence-corrected chi connectivity index (χ3v) is 6.84. The number of nitrogens with one attached hydrogen (secondary N) is 1. The Hall–Kier alpha value is -2.90. The molecule has 3 rings (SSSR count). The number of carbonyl (C=O) groups excluding carboxylic acids is 1. The molecule has 10 heteroatoms. The largest absolute Gasteiger partial charge is 0.416 e. The predicted octanol–water partition coefficient (Wildman–Crippen LogP) is 3.62. The number of sulfonamides is 1. The zero-order chi connectivity index (χ0) is 21.9. The topological polar surface area (TPSA) is 90.3 Å². The van der Waals surface area contributed by atoms with Crippen molar-refractivity contribution in [3.8, 4) is 6.07 Å². The summed E-state index contributed by atoms with van der Waals surface area (Å²) in [7, 11) is -3.73. The van der Waals surface area contributed by atoms with E-state index in [0.717, 1.165) is 12.1 Å². The maximum Gasteiger partial charge on any atom is 0.416 e. The first kappa shape index (κ1) is 21.8. The van der Waals surface area contributed by atoms with Gasteiger partial charge in [0.25, 0.3) is 0 Å². The monoisotopic (exact) mass is 437 g/mol. The summed E-state index contributed by atoms with van der Waals surface area (Å²) >= 11 is 0. The van der Waals surface area contributed by atoms with Gasteiger partial charge in [0.05, 0.1) is 22.1 Å². The van der Waals surface area contributed by atoms with E-state index in [1.165, 1.54) is 40.7 Å². The molecule has 1 aliphatic rings. The molecule has 1 N–H and O–H groups in total. The van der Waals surface area contributed by atoms with Gasteiger partial charge in [0.1, 0.15) is 0 Å². The number of nitriles is 1. The van der Waals surface area contributed by atoms with E-state index in [9.17, 15) is 26.4 Å². The average Bonchev–Trinajstić information content (AvgIpc) is 2.73. The van der Waals surface area contributed by atoms with Crippen LogP contribution in [0, 0.1) is 17.2 Å². The minimum absolute atomic E-state index is 0.0779. The molecular formula is C20H18F3N3O3S. The standard InChI is InChI=1S/C20H18F3N3O3S/c21-20(22,23)16-3-5-17(6-4-16)25-19(27)15-9-11-26(12-10-15)30(28,29)18-7-1-14(13-24)2-8-18/h1-8,15H,9-12H2,(H,25,27). The normalized spacial score (nSPS) is 16.1. The SMILES string of the molecule is N#Cc1ccc(S(=O)(=O)N2CCC(C(=O)Nc3ccc(C(F)(F)F)cc3)CC2)cc1. The second-order valence-corrected chi connectivity index (χ2v) is 8.82. The number of carbonyl (C=O) groups is 1. The second-order valence-electron chi connectivity index (χ2n) is 6.88. The molecule has 0 aromatic heterocycles. The third-order valence-electron chi connectivity index (χ3n) is 4.93. The van der Waals surface area contributed by atoms with Crippen LogP contribution in [0.1, 0.15) is 24.0 Å². The van der Waals surface area contributed by atoms with E-state index < -0.39 is 27.7 Å². The smallest absolute Gasteiger partial charge is 0.326 e. The van der Waals surface area contributed by atoms with Crippen molar-refractivity contribution in [2.75, 3.05) is 18.4 Å². The lowest BCUT2D eigenvalue weighted by molar-refractivity contribution is -0.137. The summed E-state index contributed by atoms with van der Waals surface area (Å²) in [5.41, 5.74) is -0.199. The molecule has 1 aliphatic heterocycles. The molecule has 0 unspecified atom stereocenters. The molecular weight excluding hydrogens is 419 g/mol. The number of hydrogen-bond acceptors (Lipinski definition) is 4. The molecule has 0 bridgehead atoms. The summed E-state index contributed by atoms with van der Waals surface area (Å²) in [4.78, 5) is 12.5. The van der Waals surface area contributed by atoms with E-state index in [1.807, 2.05) is 6.07 Å². The molecule has 0 spiro atoms. The van der Waals surface area contributed by atoms with Crippen LogP contribution < -0.4 is 5.32 Å². The van der Waals surface area contributed by atoms with Gasteiger partial charge in [-0.15, -0.1) is 0 Å². The predicted molar refractivity (Wildman–Crippen MR) is 103 cm³/mol. The van der Waals surface area contributed by atoms with Crippen molar-refractivity contribution in [2.24, 2.45) is 5.92 Å². The molecule has 1 fully saturated rings. The van der Waals surface area contributed by atoms with E-state index in [0.29, 0.717) is 18.4 Å². The van der Waals surface area contributed by atoms with Crippen LogP contribution in [0.5, 0.6) is 0 Å². The first-order valence-corrected chi connectivity index (χ1v) is 10.5. The fraction of sp³-hybridized carbons (Fsp3) is 0.300. The number of piperidine rings is 1. The maximum atomic E-state index is 12.7. The Morgan fingerprint density at radius 3 is 2.10 bits per heavy atom. The molecule has 30 heavy (non-hydrogen) atoms. The lowest BCUT2D eigenvalue weighted by Gasteiger charge is -2.30. The zero-order valence-corrected chi connectivity index (χ0v) is 16.5.